The summed E-state index contributed by atoms with van der Waals surface area (Å²) in [6.07, 6.45) is 1.22. The third kappa shape index (κ3) is 5.88. The van der Waals surface area contributed by atoms with Crippen LogP contribution in [-0.4, -0.2) is 47.2 Å². The molecule has 2 aliphatic carbocycles. The molecular formula is C31H32N2O5. The number of carboxylic acid groups (broad SMARTS) is 1. The lowest BCUT2D eigenvalue weighted by molar-refractivity contribution is -0.139. The number of carboxylic acids is 1. The molecule has 2 N–H and O–H groups in total. The molecule has 0 spiro atoms. The van der Waals surface area contributed by atoms with E-state index in [1.54, 1.807) is 4.90 Å². The monoisotopic (exact) mass is 512 g/mol. The van der Waals surface area contributed by atoms with Crippen LogP contribution in [0.4, 0.5) is 4.79 Å². The number of nitrogens with one attached hydrogen (secondary N) is 1. The summed E-state index contributed by atoms with van der Waals surface area (Å²) in [5, 5.41) is 12.0. The second kappa shape index (κ2) is 11.5. The fraction of sp³-hybridized carbons (Fsp3) is 0.323. The van der Waals surface area contributed by atoms with E-state index in [4.69, 9.17) is 9.84 Å². The lowest BCUT2D eigenvalue weighted by Gasteiger charge is -2.36. The van der Waals surface area contributed by atoms with Gasteiger partial charge >= 0.3 is 12.1 Å². The largest absolute Gasteiger partial charge is 0.481 e. The molecule has 1 fully saturated rings. The van der Waals surface area contributed by atoms with Crippen molar-refractivity contribution >= 4 is 18.0 Å². The lowest BCUT2D eigenvalue weighted by atomic mass is 9.78. The van der Waals surface area contributed by atoms with Crippen molar-refractivity contribution in [3.05, 3.63) is 95.6 Å². The fourth-order valence-corrected chi connectivity index (χ4v) is 5.53. The fourth-order valence-electron chi connectivity index (χ4n) is 5.53. The molecule has 5 rings (SSSR count). The summed E-state index contributed by atoms with van der Waals surface area (Å²) in [7, 11) is 0. The second-order valence-corrected chi connectivity index (χ2v) is 10.2. The number of benzene rings is 3. The molecule has 38 heavy (non-hydrogen) atoms. The number of fused-ring (bicyclic) bond motifs is 3. The van der Waals surface area contributed by atoms with Crippen LogP contribution >= 0.6 is 0 Å². The maximum Gasteiger partial charge on any atom is 0.407 e. The summed E-state index contributed by atoms with van der Waals surface area (Å²) in [5.74, 6) is -0.808. The smallest absolute Gasteiger partial charge is 0.407 e. The maximum absolute atomic E-state index is 13.0. The average Bonchev–Trinajstić information content (AvgIpc) is 3.22. The van der Waals surface area contributed by atoms with Crippen molar-refractivity contribution in [3.8, 4) is 11.1 Å². The molecule has 7 heteroatoms. The summed E-state index contributed by atoms with van der Waals surface area (Å²) < 4.78 is 5.64. The number of carbonyl (C=O) groups excluding carboxylic acids is 2. The van der Waals surface area contributed by atoms with Crippen LogP contribution in [0.25, 0.3) is 11.1 Å². The molecule has 0 heterocycles. The van der Waals surface area contributed by atoms with Crippen LogP contribution in [0.15, 0.2) is 78.9 Å². The minimum absolute atomic E-state index is 0.0151. The van der Waals surface area contributed by atoms with Gasteiger partial charge in [-0.1, -0.05) is 78.9 Å². The number of nitrogens with zero attached hydrogens (tertiary/aromatic N) is 1. The van der Waals surface area contributed by atoms with E-state index in [1.165, 1.54) is 22.3 Å². The van der Waals surface area contributed by atoms with Crippen LogP contribution in [0.1, 0.15) is 48.3 Å². The summed E-state index contributed by atoms with van der Waals surface area (Å²) in [6.45, 7) is 0.838. The molecule has 2 amide bonds. The van der Waals surface area contributed by atoms with Gasteiger partial charge in [-0.25, -0.2) is 4.79 Å². The van der Waals surface area contributed by atoms with Gasteiger partial charge in [-0.15, -0.1) is 0 Å². The molecule has 0 aliphatic heterocycles. The van der Waals surface area contributed by atoms with Crippen molar-refractivity contribution < 1.29 is 24.2 Å². The van der Waals surface area contributed by atoms with Crippen molar-refractivity contribution in [1.29, 1.82) is 0 Å². The molecule has 0 unspecified atom stereocenters. The molecule has 7 nitrogen and oxygen atoms in total. The number of hydrogen-bond donors (Lipinski definition) is 2. The molecule has 0 radical (unpaired) electrons. The highest BCUT2D eigenvalue weighted by Crippen LogP contribution is 2.44. The topological polar surface area (TPSA) is 95.9 Å². The van der Waals surface area contributed by atoms with Crippen molar-refractivity contribution in [2.75, 3.05) is 13.2 Å². The standard InChI is InChI=1S/C31H32N2O5/c34-29(33(15-14-30(35)36)19-21-8-2-1-3-9-21)18-22-16-23(17-22)32-31(37)38-20-28-26-12-6-4-10-24(26)25-11-5-7-13-27(25)28/h1-13,22-23,28H,14-20H2,(H,32,37)(H,35,36). The Hall–Kier alpha value is -4.13. The molecule has 0 aromatic heterocycles. The molecule has 0 saturated heterocycles. The zero-order chi connectivity index (χ0) is 26.5. The van der Waals surface area contributed by atoms with Gasteiger partial charge in [-0.2, -0.15) is 0 Å². The van der Waals surface area contributed by atoms with Gasteiger partial charge in [0.05, 0.1) is 6.42 Å². The van der Waals surface area contributed by atoms with E-state index < -0.39 is 12.1 Å². The molecular weight excluding hydrogens is 480 g/mol. The molecule has 0 bridgehead atoms. The second-order valence-electron chi connectivity index (χ2n) is 10.2. The SMILES string of the molecule is O=C(O)CCN(Cc1ccccc1)C(=O)CC1CC(NC(=O)OCC2c3ccccc3-c3ccccc32)C1. The highest BCUT2D eigenvalue weighted by Gasteiger charge is 2.34. The Labute approximate surface area is 222 Å². The molecule has 3 aromatic carbocycles. The van der Waals surface area contributed by atoms with E-state index in [-0.39, 0.29) is 43.4 Å². The van der Waals surface area contributed by atoms with Gasteiger partial charge < -0.3 is 20.1 Å². The third-order valence-electron chi connectivity index (χ3n) is 7.53. The first kappa shape index (κ1) is 25.5. The summed E-state index contributed by atoms with van der Waals surface area (Å²) in [5.41, 5.74) is 5.69. The van der Waals surface area contributed by atoms with Gasteiger partial charge in [-0.3, -0.25) is 9.59 Å². The Kier molecular flexibility index (Phi) is 7.73. The number of rotatable bonds is 10. The molecule has 3 aromatic rings. The lowest BCUT2D eigenvalue weighted by Crippen LogP contribution is -2.46. The summed E-state index contributed by atoms with van der Waals surface area (Å²) in [4.78, 5) is 38.2. The molecule has 1 saturated carbocycles. The Bertz CT molecular complexity index is 1260. The van der Waals surface area contributed by atoms with E-state index in [9.17, 15) is 14.4 Å². The number of aliphatic carboxylic acids is 1. The van der Waals surface area contributed by atoms with Crippen LogP contribution < -0.4 is 5.32 Å². The molecule has 196 valence electrons. The molecule has 0 atom stereocenters. The van der Waals surface area contributed by atoms with E-state index >= 15 is 0 Å². The molecule has 2 aliphatic rings. The first-order valence-electron chi connectivity index (χ1n) is 13.1. The van der Waals surface area contributed by atoms with Crippen LogP contribution in [0.5, 0.6) is 0 Å². The maximum atomic E-state index is 13.0. The Morgan fingerprint density at radius 2 is 1.47 bits per heavy atom. The summed E-state index contributed by atoms with van der Waals surface area (Å²) >= 11 is 0. The zero-order valence-electron chi connectivity index (χ0n) is 21.2. The third-order valence-corrected chi connectivity index (χ3v) is 7.53. The van der Waals surface area contributed by atoms with Gasteiger partial charge in [0.15, 0.2) is 0 Å². The van der Waals surface area contributed by atoms with Crippen LogP contribution in [-0.2, 0) is 20.9 Å². The van der Waals surface area contributed by atoms with Crippen LogP contribution in [0.2, 0.25) is 0 Å². The highest BCUT2D eigenvalue weighted by molar-refractivity contribution is 5.79. The first-order valence-corrected chi connectivity index (χ1v) is 13.1. The average molecular weight is 513 g/mol. The highest BCUT2D eigenvalue weighted by atomic mass is 16.5. The number of hydrogen-bond acceptors (Lipinski definition) is 4. The zero-order valence-corrected chi connectivity index (χ0v) is 21.2. The number of amides is 2. The predicted molar refractivity (Wildman–Crippen MR) is 143 cm³/mol. The first-order chi connectivity index (χ1) is 18.5. The van der Waals surface area contributed by atoms with Gasteiger partial charge in [0.2, 0.25) is 5.91 Å². The van der Waals surface area contributed by atoms with E-state index in [2.05, 4.69) is 29.6 Å². The van der Waals surface area contributed by atoms with Gasteiger partial charge in [0, 0.05) is 31.5 Å². The van der Waals surface area contributed by atoms with Gasteiger partial charge in [0.1, 0.15) is 6.61 Å². The van der Waals surface area contributed by atoms with Crippen molar-refractivity contribution in [2.45, 2.75) is 44.2 Å². The summed E-state index contributed by atoms with van der Waals surface area (Å²) in [6, 6.07) is 26.0. The van der Waals surface area contributed by atoms with Crippen molar-refractivity contribution in [3.63, 3.8) is 0 Å². The Morgan fingerprint density at radius 1 is 0.868 bits per heavy atom. The number of alkyl carbamates (subject to hydrolysis) is 1. The van der Waals surface area contributed by atoms with Gasteiger partial charge in [0.25, 0.3) is 0 Å². The Morgan fingerprint density at radius 3 is 2.11 bits per heavy atom. The minimum Gasteiger partial charge on any atom is -0.481 e. The van der Waals surface area contributed by atoms with E-state index in [0.29, 0.717) is 25.8 Å². The quantitative estimate of drug-likeness (QED) is 0.389. The predicted octanol–water partition coefficient (Wildman–Crippen LogP) is 5.20. The Balaban J connectivity index is 1.09. The van der Waals surface area contributed by atoms with Crippen LogP contribution in [0.3, 0.4) is 0 Å². The van der Waals surface area contributed by atoms with E-state index in [0.717, 1.165) is 5.56 Å². The number of ether oxygens (including phenoxy) is 1. The van der Waals surface area contributed by atoms with Gasteiger partial charge in [-0.05, 0) is 46.6 Å². The number of carbonyl (C=O) groups is 3. The normalized spacial score (nSPS) is 17.6. The minimum atomic E-state index is -0.924. The van der Waals surface area contributed by atoms with Crippen LogP contribution in [0, 0.1) is 5.92 Å². The van der Waals surface area contributed by atoms with E-state index in [1.807, 2.05) is 54.6 Å². The van der Waals surface area contributed by atoms with Crippen molar-refractivity contribution in [1.82, 2.24) is 10.2 Å². The van der Waals surface area contributed by atoms with Crippen molar-refractivity contribution in [2.24, 2.45) is 5.92 Å².